The molecule has 27 heavy (non-hydrogen) atoms. The summed E-state index contributed by atoms with van der Waals surface area (Å²) in [6.07, 6.45) is 1.55. The predicted molar refractivity (Wildman–Crippen MR) is 105 cm³/mol. The molecule has 140 valence electrons. The van der Waals surface area contributed by atoms with E-state index >= 15 is 0 Å². The molecule has 1 fully saturated rings. The molecule has 0 aliphatic carbocycles. The number of carboxylic acids is 1. The number of nitrogens with zero attached hydrogens (tertiary/aromatic N) is 3. The van der Waals surface area contributed by atoms with E-state index in [9.17, 15) is 14.0 Å². The topological polar surface area (TPSA) is 75.4 Å². The zero-order valence-electron chi connectivity index (χ0n) is 14.6. The fraction of sp³-hybridized carbons (Fsp3) is 0.222. The Kier molecular flexibility index (Phi) is 5.43. The minimum atomic E-state index is -0.986. The van der Waals surface area contributed by atoms with Crippen LogP contribution in [0.2, 0.25) is 0 Å². The number of rotatable bonds is 5. The Balaban J connectivity index is 1.91. The molecule has 0 radical (unpaired) electrons. The van der Waals surface area contributed by atoms with E-state index < -0.39 is 5.97 Å². The number of amides is 1. The number of carboxylic acid groups (broad SMARTS) is 1. The lowest BCUT2D eigenvalue weighted by Gasteiger charge is -2.12. The average Bonchev–Trinajstić information content (AvgIpc) is 3.04. The highest BCUT2D eigenvalue weighted by Crippen LogP contribution is 2.34. The van der Waals surface area contributed by atoms with Gasteiger partial charge < -0.3 is 5.11 Å². The second-order valence-corrected chi connectivity index (χ2v) is 7.63. The summed E-state index contributed by atoms with van der Waals surface area (Å²) >= 11 is 6.34. The molecule has 0 saturated carbocycles. The molecule has 2 heterocycles. The number of halogens is 1. The van der Waals surface area contributed by atoms with Gasteiger partial charge in [0.2, 0.25) is 0 Å². The summed E-state index contributed by atoms with van der Waals surface area (Å²) in [5.41, 5.74) is 3.01. The highest BCUT2D eigenvalue weighted by Gasteiger charge is 2.32. The Morgan fingerprint density at radius 1 is 1.33 bits per heavy atom. The first kappa shape index (κ1) is 19.2. The fourth-order valence-corrected chi connectivity index (χ4v) is 4.02. The summed E-state index contributed by atoms with van der Waals surface area (Å²) in [5, 5.41) is 13.3. The van der Waals surface area contributed by atoms with Crippen LogP contribution in [0.4, 0.5) is 4.39 Å². The van der Waals surface area contributed by atoms with Gasteiger partial charge in [0.05, 0.1) is 22.7 Å². The lowest BCUT2D eigenvalue weighted by Crippen LogP contribution is -2.30. The molecule has 1 aliphatic rings. The second kappa shape index (κ2) is 7.61. The third kappa shape index (κ3) is 3.93. The van der Waals surface area contributed by atoms with Gasteiger partial charge in [-0.05, 0) is 44.2 Å². The SMILES string of the molecule is Cc1nn(-c2ccc(F)cc2)c(C)c1/C=C1\SC(=S)N(CCC(=O)O)C1=O. The Hall–Kier alpha value is -2.52. The van der Waals surface area contributed by atoms with Gasteiger partial charge in [-0.15, -0.1) is 0 Å². The van der Waals surface area contributed by atoms with Crippen molar-refractivity contribution in [2.45, 2.75) is 20.3 Å². The third-order valence-electron chi connectivity index (χ3n) is 4.12. The Bertz CT molecular complexity index is 967. The fourth-order valence-electron chi connectivity index (χ4n) is 2.73. The van der Waals surface area contributed by atoms with Crippen molar-refractivity contribution in [1.82, 2.24) is 14.7 Å². The van der Waals surface area contributed by atoms with Crippen molar-refractivity contribution >= 4 is 46.3 Å². The van der Waals surface area contributed by atoms with Crippen molar-refractivity contribution in [3.63, 3.8) is 0 Å². The van der Waals surface area contributed by atoms with Crippen LogP contribution in [-0.2, 0) is 9.59 Å². The van der Waals surface area contributed by atoms with E-state index in [1.165, 1.54) is 17.0 Å². The van der Waals surface area contributed by atoms with Crippen molar-refractivity contribution in [3.8, 4) is 5.69 Å². The number of hydrogen-bond donors (Lipinski definition) is 1. The van der Waals surface area contributed by atoms with Gasteiger partial charge in [-0.25, -0.2) is 9.07 Å². The largest absolute Gasteiger partial charge is 0.481 e. The van der Waals surface area contributed by atoms with Gasteiger partial charge in [0.15, 0.2) is 0 Å². The van der Waals surface area contributed by atoms with E-state index in [-0.39, 0.29) is 24.7 Å². The molecule has 1 amide bonds. The maximum atomic E-state index is 13.2. The van der Waals surface area contributed by atoms with Gasteiger partial charge in [-0.2, -0.15) is 5.10 Å². The zero-order chi connectivity index (χ0) is 19.7. The molecule has 0 bridgehead atoms. The third-order valence-corrected chi connectivity index (χ3v) is 5.49. The molecular formula is C18H16FN3O3S2. The summed E-state index contributed by atoms with van der Waals surface area (Å²) in [4.78, 5) is 25.0. The molecule has 6 nitrogen and oxygen atoms in total. The standard InChI is InChI=1S/C18H16FN3O3S2/c1-10-14(11(2)22(20-10)13-5-3-12(19)4-6-13)9-15-17(25)21(18(26)27-15)8-7-16(23)24/h3-6,9H,7-8H2,1-2H3,(H,23,24)/b15-9-. The van der Waals surface area contributed by atoms with Crippen molar-refractivity contribution in [3.05, 3.63) is 51.9 Å². The van der Waals surface area contributed by atoms with Crippen LogP contribution in [0.25, 0.3) is 11.8 Å². The predicted octanol–water partition coefficient (Wildman–Crippen LogP) is 3.30. The molecule has 0 unspecified atom stereocenters. The smallest absolute Gasteiger partial charge is 0.305 e. The summed E-state index contributed by atoms with van der Waals surface area (Å²) in [7, 11) is 0. The number of hydrogen-bond acceptors (Lipinski definition) is 5. The normalized spacial score (nSPS) is 15.8. The van der Waals surface area contributed by atoms with Gasteiger partial charge in [0.25, 0.3) is 5.91 Å². The first-order valence-corrected chi connectivity index (χ1v) is 9.29. The van der Waals surface area contributed by atoms with E-state index in [1.807, 2.05) is 13.8 Å². The minimum Gasteiger partial charge on any atom is -0.481 e. The maximum Gasteiger partial charge on any atom is 0.305 e. The van der Waals surface area contributed by atoms with Crippen LogP contribution in [0.3, 0.4) is 0 Å². The summed E-state index contributed by atoms with van der Waals surface area (Å²) in [6, 6.07) is 5.98. The molecule has 2 aromatic rings. The molecule has 1 aromatic heterocycles. The van der Waals surface area contributed by atoms with E-state index in [4.69, 9.17) is 17.3 Å². The van der Waals surface area contributed by atoms with E-state index in [0.717, 1.165) is 23.0 Å². The van der Waals surface area contributed by atoms with Crippen LogP contribution < -0.4 is 0 Å². The van der Waals surface area contributed by atoms with Gasteiger partial charge >= 0.3 is 5.97 Å². The van der Waals surface area contributed by atoms with Gasteiger partial charge in [0.1, 0.15) is 10.1 Å². The lowest BCUT2D eigenvalue weighted by molar-refractivity contribution is -0.137. The van der Waals surface area contributed by atoms with Gasteiger partial charge in [-0.3, -0.25) is 14.5 Å². The van der Waals surface area contributed by atoms with Crippen molar-refractivity contribution < 1.29 is 19.1 Å². The van der Waals surface area contributed by atoms with Crippen LogP contribution >= 0.6 is 24.0 Å². The number of aryl methyl sites for hydroxylation is 1. The minimum absolute atomic E-state index is 0.0458. The molecule has 1 saturated heterocycles. The zero-order valence-corrected chi connectivity index (χ0v) is 16.2. The average molecular weight is 405 g/mol. The molecule has 0 atom stereocenters. The first-order valence-electron chi connectivity index (χ1n) is 8.07. The summed E-state index contributed by atoms with van der Waals surface area (Å²) < 4.78 is 15.2. The van der Waals surface area contributed by atoms with Crippen LogP contribution in [0.5, 0.6) is 0 Å². The number of benzene rings is 1. The van der Waals surface area contributed by atoms with E-state index in [1.54, 1.807) is 22.9 Å². The van der Waals surface area contributed by atoms with Crippen LogP contribution in [0.1, 0.15) is 23.4 Å². The van der Waals surface area contributed by atoms with E-state index in [0.29, 0.717) is 20.6 Å². The number of aromatic nitrogens is 2. The summed E-state index contributed by atoms with van der Waals surface area (Å²) in [5.74, 6) is -1.62. The Morgan fingerprint density at radius 3 is 2.63 bits per heavy atom. The number of carbonyl (C=O) groups excluding carboxylic acids is 1. The number of carbonyl (C=O) groups is 2. The molecule has 0 spiro atoms. The Labute approximate surface area is 164 Å². The molecule has 1 N–H and O–H groups in total. The number of thiocarbonyl (C=S) groups is 1. The van der Waals surface area contributed by atoms with E-state index in [2.05, 4.69) is 5.10 Å². The van der Waals surface area contributed by atoms with Gasteiger partial charge in [-0.1, -0.05) is 24.0 Å². The summed E-state index contributed by atoms with van der Waals surface area (Å²) in [6.45, 7) is 3.73. The van der Waals surface area contributed by atoms with Crippen LogP contribution in [0, 0.1) is 19.7 Å². The van der Waals surface area contributed by atoms with Crippen molar-refractivity contribution in [2.75, 3.05) is 6.54 Å². The van der Waals surface area contributed by atoms with Crippen LogP contribution in [-0.4, -0.2) is 42.5 Å². The lowest BCUT2D eigenvalue weighted by atomic mass is 10.1. The molecule has 9 heteroatoms. The maximum absolute atomic E-state index is 13.2. The highest BCUT2D eigenvalue weighted by molar-refractivity contribution is 8.26. The van der Waals surface area contributed by atoms with Crippen molar-refractivity contribution in [2.24, 2.45) is 0 Å². The molecule has 1 aliphatic heterocycles. The number of aliphatic carboxylic acids is 1. The Morgan fingerprint density at radius 2 is 2.00 bits per heavy atom. The molecular weight excluding hydrogens is 389 g/mol. The quantitative estimate of drug-likeness (QED) is 0.608. The second-order valence-electron chi connectivity index (χ2n) is 5.95. The molecule has 1 aromatic carbocycles. The van der Waals surface area contributed by atoms with Crippen LogP contribution in [0.15, 0.2) is 29.2 Å². The number of thioether (sulfide) groups is 1. The van der Waals surface area contributed by atoms with Crippen molar-refractivity contribution in [1.29, 1.82) is 0 Å². The molecule has 3 rings (SSSR count). The van der Waals surface area contributed by atoms with Gasteiger partial charge in [0, 0.05) is 17.8 Å². The first-order chi connectivity index (χ1) is 12.8. The monoisotopic (exact) mass is 405 g/mol. The highest BCUT2D eigenvalue weighted by atomic mass is 32.2.